The largest absolute Gasteiger partial charge is 0.468 e. The number of furan rings is 1. The summed E-state index contributed by atoms with van der Waals surface area (Å²) in [5.74, 6) is 1.29. The second-order valence-electron chi connectivity index (χ2n) is 7.37. The molecule has 1 aliphatic carbocycles. The lowest BCUT2D eigenvalue weighted by Crippen LogP contribution is -2.23. The molecule has 1 amide bonds. The number of anilines is 1. The molecule has 0 radical (unpaired) electrons. The number of amides is 1. The van der Waals surface area contributed by atoms with E-state index in [1.54, 1.807) is 24.3 Å². The van der Waals surface area contributed by atoms with Crippen LogP contribution in [-0.4, -0.2) is 14.3 Å². The van der Waals surface area contributed by atoms with E-state index in [9.17, 15) is 13.2 Å². The van der Waals surface area contributed by atoms with Gasteiger partial charge in [-0.2, -0.15) is 0 Å². The van der Waals surface area contributed by atoms with Gasteiger partial charge in [0.15, 0.2) is 0 Å². The van der Waals surface area contributed by atoms with Gasteiger partial charge in [0, 0.05) is 12.1 Å². The minimum absolute atomic E-state index is 0.0256. The summed E-state index contributed by atoms with van der Waals surface area (Å²) in [6.07, 6.45) is 10.6. The standard InChI is InChI=1S/C21H28N2O4S/c24-21(10-4-8-17-6-2-1-3-7-17)23-18-11-13-20(14-12-18)28(25,26)22-16-19-9-5-15-27-19/h5,9,11-15,17,22H,1-4,6-8,10,16H2,(H,23,24). The molecule has 1 saturated carbocycles. The van der Waals surface area contributed by atoms with E-state index in [0.29, 0.717) is 17.9 Å². The van der Waals surface area contributed by atoms with Gasteiger partial charge in [-0.05, 0) is 55.2 Å². The van der Waals surface area contributed by atoms with Crippen LogP contribution in [0.2, 0.25) is 0 Å². The topological polar surface area (TPSA) is 88.4 Å². The van der Waals surface area contributed by atoms with Gasteiger partial charge in [-0.3, -0.25) is 4.79 Å². The summed E-state index contributed by atoms with van der Waals surface area (Å²) in [6.45, 7) is 0.0921. The lowest BCUT2D eigenvalue weighted by atomic mass is 9.86. The Bertz CT molecular complexity index is 839. The van der Waals surface area contributed by atoms with Crippen LogP contribution in [0, 0.1) is 5.92 Å². The summed E-state index contributed by atoms with van der Waals surface area (Å²) in [6, 6.07) is 9.61. The zero-order valence-electron chi connectivity index (χ0n) is 16.0. The molecule has 6 nitrogen and oxygen atoms in total. The first-order valence-electron chi connectivity index (χ1n) is 9.95. The maximum atomic E-state index is 12.3. The fraction of sp³-hybridized carbons (Fsp3) is 0.476. The highest BCUT2D eigenvalue weighted by molar-refractivity contribution is 7.89. The lowest BCUT2D eigenvalue weighted by Gasteiger charge is -2.21. The first-order valence-corrected chi connectivity index (χ1v) is 11.4. The first kappa shape index (κ1) is 20.6. The van der Waals surface area contributed by atoms with Crippen molar-refractivity contribution in [2.75, 3.05) is 5.32 Å². The summed E-state index contributed by atoms with van der Waals surface area (Å²) < 4.78 is 32.2. The van der Waals surface area contributed by atoms with E-state index < -0.39 is 10.0 Å². The van der Waals surface area contributed by atoms with Gasteiger partial charge in [-0.1, -0.05) is 32.1 Å². The molecule has 1 fully saturated rings. The van der Waals surface area contributed by atoms with Gasteiger partial charge in [0.05, 0.1) is 17.7 Å². The second kappa shape index (κ2) is 9.89. The predicted molar refractivity (Wildman–Crippen MR) is 108 cm³/mol. The van der Waals surface area contributed by atoms with Crippen molar-refractivity contribution in [3.05, 3.63) is 48.4 Å². The number of benzene rings is 1. The molecule has 2 aromatic rings. The van der Waals surface area contributed by atoms with Crippen molar-refractivity contribution in [3.8, 4) is 0 Å². The number of sulfonamides is 1. The van der Waals surface area contributed by atoms with Crippen LogP contribution >= 0.6 is 0 Å². The quantitative estimate of drug-likeness (QED) is 0.646. The van der Waals surface area contributed by atoms with E-state index in [-0.39, 0.29) is 17.3 Å². The van der Waals surface area contributed by atoms with E-state index in [2.05, 4.69) is 10.0 Å². The van der Waals surface area contributed by atoms with Gasteiger partial charge < -0.3 is 9.73 Å². The summed E-state index contributed by atoms with van der Waals surface area (Å²) in [4.78, 5) is 12.3. The van der Waals surface area contributed by atoms with Crippen molar-refractivity contribution in [2.45, 2.75) is 62.8 Å². The Morgan fingerprint density at radius 3 is 2.50 bits per heavy atom. The fourth-order valence-corrected chi connectivity index (χ4v) is 4.62. The Balaban J connectivity index is 1.44. The van der Waals surface area contributed by atoms with Gasteiger partial charge >= 0.3 is 0 Å². The Morgan fingerprint density at radius 1 is 1.07 bits per heavy atom. The van der Waals surface area contributed by atoms with Crippen LogP contribution in [0.25, 0.3) is 0 Å². The molecule has 0 spiro atoms. The third kappa shape index (κ3) is 6.21. The molecule has 0 bridgehead atoms. The summed E-state index contributed by atoms with van der Waals surface area (Å²) in [5, 5.41) is 2.84. The number of nitrogens with one attached hydrogen (secondary N) is 2. The zero-order chi connectivity index (χ0) is 19.8. The van der Waals surface area contributed by atoms with Crippen LogP contribution in [0.4, 0.5) is 5.69 Å². The molecule has 7 heteroatoms. The second-order valence-corrected chi connectivity index (χ2v) is 9.14. The normalized spacial score (nSPS) is 15.4. The van der Waals surface area contributed by atoms with Gasteiger partial charge in [-0.15, -0.1) is 0 Å². The van der Waals surface area contributed by atoms with Gasteiger partial charge in [0.25, 0.3) is 0 Å². The molecule has 28 heavy (non-hydrogen) atoms. The number of carbonyl (C=O) groups is 1. The Labute approximate surface area is 166 Å². The Kier molecular flexibility index (Phi) is 7.28. The molecule has 0 saturated heterocycles. The van der Waals surface area contributed by atoms with Crippen molar-refractivity contribution in [3.63, 3.8) is 0 Å². The lowest BCUT2D eigenvalue weighted by molar-refractivity contribution is -0.116. The third-order valence-electron chi connectivity index (χ3n) is 5.21. The molecule has 0 atom stereocenters. The summed E-state index contributed by atoms with van der Waals surface area (Å²) >= 11 is 0. The van der Waals surface area contributed by atoms with Crippen LogP contribution in [0.5, 0.6) is 0 Å². The van der Waals surface area contributed by atoms with E-state index in [1.165, 1.54) is 50.5 Å². The summed E-state index contributed by atoms with van der Waals surface area (Å²) in [7, 11) is -3.63. The van der Waals surface area contributed by atoms with Crippen LogP contribution in [0.3, 0.4) is 0 Å². The third-order valence-corrected chi connectivity index (χ3v) is 6.62. The summed E-state index contributed by atoms with van der Waals surface area (Å²) in [5.41, 5.74) is 0.604. The minimum atomic E-state index is -3.63. The molecule has 1 aromatic heterocycles. The van der Waals surface area contributed by atoms with E-state index in [1.807, 2.05) is 0 Å². The van der Waals surface area contributed by atoms with E-state index >= 15 is 0 Å². The zero-order valence-corrected chi connectivity index (χ0v) is 16.8. The van der Waals surface area contributed by atoms with E-state index in [0.717, 1.165) is 18.8 Å². The predicted octanol–water partition coefficient (Wildman–Crippen LogP) is 4.45. The van der Waals surface area contributed by atoms with Crippen LogP contribution in [0.1, 0.15) is 57.1 Å². The Morgan fingerprint density at radius 2 is 1.82 bits per heavy atom. The number of carbonyl (C=O) groups excluding carboxylic acids is 1. The molecule has 1 heterocycles. The smallest absolute Gasteiger partial charge is 0.240 e. The molecule has 1 aromatic carbocycles. The monoisotopic (exact) mass is 404 g/mol. The van der Waals surface area contributed by atoms with Crippen molar-refractivity contribution < 1.29 is 17.6 Å². The van der Waals surface area contributed by atoms with Gasteiger partial charge in [0.2, 0.25) is 15.9 Å². The van der Waals surface area contributed by atoms with Crippen LogP contribution in [-0.2, 0) is 21.4 Å². The van der Waals surface area contributed by atoms with Crippen molar-refractivity contribution >= 4 is 21.6 Å². The maximum Gasteiger partial charge on any atom is 0.240 e. The van der Waals surface area contributed by atoms with Gasteiger partial charge in [0.1, 0.15) is 5.76 Å². The highest BCUT2D eigenvalue weighted by Gasteiger charge is 2.15. The number of rotatable bonds is 9. The molecule has 1 aliphatic rings. The highest BCUT2D eigenvalue weighted by Crippen LogP contribution is 2.27. The number of hydrogen-bond donors (Lipinski definition) is 2. The fourth-order valence-electron chi connectivity index (χ4n) is 3.63. The van der Waals surface area contributed by atoms with Crippen molar-refractivity contribution in [2.24, 2.45) is 5.92 Å². The van der Waals surface area contributed by atoms with E-state index in [4.69, 9.17) is 4.42 Å². The maximum absolute atomic E-state index is 12.3. The number of hydrogen-bond acceptors (Lipinski definition) is 4. The van der Waals surface area contributed by atoms with Gasteiger partial charge in [-0.25, -0.2) is 13.1 Å². The van der Waals surface area contributed by atoms with Crippen LogP contribution in [0.15, 0.2) is 52.0 Å². The molecule has 0 aliphatic heterocycles. The molecular formula is C21H28N2O4S. The SMILES string of the molecule is O=C(CCCC1CCCCC1)Nc1ccc(S(=O)(=O)NCc2ccco2)cc1. The average Bonchev–Trinajstić information content (AvgIpc) is 3.21. The molecule has 152 valence electrons. The van der Waals surface area contributed by atoms with Crippen molar-refractivity contribution in [1.82, 2.24) is 4.72 Å². The average molecular weight is 405 g/mol. The highest BCUT2D eigenvalue weighted by atomic mass is 32.2. The molecular weight excluding hydrogens is 376 g/mol. The first-order chi connectivity index (χ1) is 13.5. The van der Waals surface area contributed by atoms with Crippen LogP contribution < -0.4 is 10.0 Å². The molecule has 0 unspecified atom stereocenters. The minimum Gasteiger partial charge on any atom is -0.468 e. The Hall–Kier alpha value is -2.12. The molecule has 3 rings (SSSR count). The van der Waals surface area contributed by atoms with Crippen molar-refractivity contribution in [1.29, 1.82) is 0 Å². The molecule has 2 N–H and O–H groups in total.